The standard InChI is InChI=1S/C21H27ClN2O2/c1-3-4-5-12-24-20(25)18(16-6-8-17(22)9-7-16)19(21(24)26)23-13-10-15(2)11-14-23/h6-9,15H,3-5,10-14H2,1-2H3. The highest BCUT2D eigenvalue weighted by molar-refractivity contribution is 6.36. The lowest BCUT2D eigenvalue weighted by atomic mass is 9.97. The van der Waals surface area contributed by atoms with Gasteiger partial charge < -0.3 is 4.90 Å². The first-order valence-electron chi connectivity index (χ1n) is 9.64. The van der Waals surface area contributed by atoms with Crippen molar-refractivity contribution in [1.29, 1.82) is 0 Å². The van der Waals surface area contributed by atoms with Crippen molar-refractivity contribution in [1.82, 2.24) is 9.80 Å². The quantitative estimate of drug-likeness (QED) is 0.549. The second-order valence-corrected chi connectivity index (χ2v) is 7.81. The molecule has 3 rings (SSSR count). The Hall–Kier alpha value is -1.81. The van der Waals surface area contributed by atoms with E-state index in [2.05, 4.69) is 18.7 Å². The summed E-state index contributed by atoms with van der Waals surface area (Å²) >= 11 is 6.01. The average molecular weight is 375 g/mol. The number of likely N-dealkylation sites (tertiary alicyclic amines) is 1. The van der Waals surface area contributed by atoms with E-state index in [-0.39, 0.29) is 11.8 Å². The van der Waals surface area contributed by atoms with E-state index in [0.717, 1.165) is 50.8 Å². The molecule has 0 aliphatic carbocycles. The molecule has 0 unspecified atom stereocenters. The molecular formula is C21H27ClN2O2. The maximum Gasteiger partial charge on any atom is 0.277 e. The first-order chi connectivity index (χ1) is 12.5. The second kappa shape index (κ2) is 8.26. The summed E-state index contributed by atoms with van der Waals surface area (Å²) in [6.07, 6.45) is 5.03. The minimum absolute atomic E-state index is 0.134. The Morgan fingerprint density at radius 1 is 1.04 bits per heavy atom. The molecule has 0 radical (unpaired) electrons. The fourth-order valence-corrected chi connectivity index (χ4v) is 3.81. The van der Waals surface area contributed by atoms with Crippen LogP contribution in [0, 0.1) is 5.92 Å². The SMILES string of the molecule is CCCCCN1C(=O)C(c2ccc(Cl)cc2)=C(N2CCC(C)CC2)C1=O. The van der Waals surface area contributed by atoms with Gasteiger partial charge in [0.1, 0.15) is 5.70 Å². The van der Waals surface area contributed by atoms with E-state index in [1.54, 1.807) is 12.1 Å². The van der Waals surface area contributed by atoms with Gasteiger partial charge in [0.25, 0.3) is 11.8 Å². The van der Waals surface area contributed by atoms with Crippen LogP contribution in [0.2, 0.25) is 5.02 Å². The normalized spacial score (nSPS) is 19.0. The zero-order valence-corrected chi connectivity index (χ0v) is 16.4. The number of unbranched alkanes of at least 4 members (excludes halogenated alkanes) is 2. The van der Waals surface area contributed by atoms with Crippen molar-refractivity contribution in [3.05, 3.63) is 40.5 Å². The predicted octanol–water partition coefficient (Wildman–Crippen LogP) is 4.34. The van der Waals surface area contributed by atoms with E-state index < -0.39 is 0 Å². The smallest absolute Gasteiger partial charge is 0.277 e. The van der Waals surface area contributed by atoms with Crippen LogP contribution in [0.25, 0.3) is 5.57 Å². The minimum atomic E-state index is -0.165. The molecule has 140 valence electrons. The third-order valence-electron chi connectivity index (χ3n) is 5.36. The van der Waals surface area contributed by atoms with E-state index in [1.165, 1.54) is 4.90 Å². The Morgan fingerprint density at radius 3 is 2.31 bits per heavy atom. The molecule has 1 fully saturated rings. The maximum atomic E-state index is 13.1. The molecule has 5 heteroatoms. The Balaban J connectivity index is 1.95. The van der Waals surface area contributed by atoms with E-state index in [1.807, 2.05) is 12.1 Å². The largest absolute Gasteiger partial charge is 0.366 e. The number of hydrogen-bond donors (Lipinski definition) is 0. The predicted molar refractivity (Wildman–Crippen MR) is 105 cm³/mol. The fourth-order valence-electron chi connectivity index (χ4n) is 3.69. The van der Waals surface area contributed by atoms with Crippen molar-refractivity contribution in [3.8, 4) is 0 Å². The van der Waals surface area contributed by atoms with Crippen LogP contribution in [-0.4, -0.2) is 41.2 Å². The zero-order chi connectivity index (χ0) is 18.7. The van der Waals surface area contributed by atoms with Crippen molar-refractivity contribution in [2.24, 2.45) is 5.92 Å². The first kappa shape index (κ1) is 19.0. The van der Waals surface area contributed by atoms with Crippen LogP contribution in [0.5, 0.6) is 0 Å². The van der Waals surface area contributed by atoms with Crippen LogP contribution in [0.15, 0.2) is 30.0 Å². The van der Waals surface area contributed by atoms with Gasteiger partial charge in [0.2, 0.25) is 0 Å². The third-order valence-corrected chi connectivity index (χ3v) is 5.61. The van der Waals surface area contributed by atoms with Gasteiger partial charge in [-0.25, -0.2) is 0 Å². The lowest BCUT2D eigenvalue weighted by Crippen LogP contribution is -2.38. The summed E-state index contributed by atoms with van der Waals surface area (Å²) < 4.78 is 0. The molecule has 1 aromatic rings. The molecule has 4 nitrogen and oxygen atoms in total. The van der Waals surface area contributed by atoms with Gasteiger partial charge in [-0.2, -0.15) is 0 Å². The number of carbonyl (C=O) groups excluding carboxylic acids is 2. The highest BCUT2D eigenvalue weighted by atomic mass is 35.5. The van der Waals surface area contributed by atoms with Crippen molar-refractivity contribution >= 4 is 29.0 Å². The Kier molecular flexibility index (Phi) is 6.02. The van der Waals surface area contributed by atoms with Crippen LogP contribution in [0.1, 0.15) is 51.5 Å². The van der Waals surface area contributed by atoms with Gasteiger partial charge in [-0.1, -0.05) is 50.4 Å². The average Bonchev–Trinajstić information content (AvgIpc) is 2.88. The summed E-state index contributed by atoms with van der Waals surface area (Å²) in [6.45, 7) is 6.51. The van der Waals surface area contributed by atoms with Gasteiger partial charge in [0, 0.05) is 24.7 Å². The number of benzene rings is 1. The highest BCUT2D eigenvalue weighted by Gasteiger charge is 2.41. The molecule has 0 aromatic heterocycles. The number of amides is 2. The number of rotatable bonds is 6. The highest BCUT2D eigenvalue weighted by Crippen LogP contribution is 2.34. The molecule has 2 aliphatic heterocycles. The molecule has 0 atom stereocenters. The Morgan fingerprint density at radius 2 is 1.69 bits per heavy atom. The van der Waals surface area contributed by atoms with Crippen LogP contribution >= 0.6 is 11.6 Å². The summed E-state index contributed by atoms with van der Waals surface area (Å²) in [5, 5.41) is 0.624. The molecule has 0 bridgehead atoms. The van der Waals surface area contributed by atoms with E-state index in [0.29, 0.717) is 28.8 Å². The Labute approximate surface area is 160 Å². The number of hydrogen-bond acceptors (Lipinski definition) is 3. The number of halogens is 1. The van der Waals surface area contributed by atoms with E-state index in [9.17, 15) is 9.59 Å². The molecular weight excluding hydrogens is 348 g/mol. The zero-order valence-electron chi connectivity index (χ0n) is 15.6. The lowest BCUT2D eigenvalue weighted by molar-refractivity contribution is -0.137. The summed E-state index contributed by atoms with van der Waals surface area (Å²) in [5.74, 6) is 0.367. The molecule has 0 saturated carbocycles. The molecule has 2 aliphatic rings. The monoisotopic (exact) mass is 374 g/mol. The lowest BCUT2D eigenvalue weighted by Gasteiger charge is -2.32. The summed E-state index contributed by atoms with van der Waals surface area (Å²) in [6, 6.07) is 7.23. The number of piperidine rings is 1. The van der Waals surface area contributed by atoms with Crippen LogP contribution in [0.4, 0.5) is 0 Å². The van der Waals surface area contributed by atoms with Crippen molar-refractivity contribution in [2.45, 2.75) is 46.0 Å². The van der Waals surface area contributed by atoms with Gasteiger partial charge in [-0.05, 0) is 42.9 Å². The molecule has 0 spiro atoms. The second-order valence-electron chi connectivity index (χ2n) is 7.37. The molecule has 0 N–H and O–H groups in total. The molecule has 2 heterocycles. The molecule has 1 saturated heterocycles. The minimum Gasteiger partial charge on any atom is -0.366 e. The van der Waals surface area contributed by atoms with Gasteiger partial charge in [0.15, 0.2) is 0 Å². The summed E-state index contributed by atoms with van der Waals surface area (Å²) in [5.41, 5.74) is 1.90. The summed E-state index contributed by atoms with van der Waals surface area (Å²) in [7, 11) is 0. The van der Waals surface area contributed by atoms with Crippen molar-refractivity contribution in [3.63, 3.8) is 0 Å². The van der Waals surface area contributed by atoms with Crippen LogP contribution in [0.3, 0.4) is 0 Å². The fraction of sp³-hybridized carbons (Fsp3) is 0.524. The summed E-state index contributed by atoms with van der Waals surface area (Å²) in [4.78, 5) is 29.8. The number of nitrogens with zero attached hydrogens (tertiary/aromatic N) is 2. The van der Waals surface area contributed by atoms with Crippen LogP contribution < -0.4 is 0 Å². The number of carbonyl (C=O) groups is 2. The van der Waals surface area contributed by atoms with Crippen LogP contribution in [-0.2, 0) is 9.59 Å². The first-order valence-corrected chi connectivity index (χ1v) is 10.0. The number of imide groups is 1. The van der Waals surface area contributed by atoms with Crippen molar-refractivity contribution < 1.29 is 9.59 Å². The third kappa shape index (κ3) is 3.80. The van der Waals surface area contributed by atoms with Gasteiger partial charge in [-0.3, -0.25) is 14.5 Å². The van der Waals surface area contributed by atoms with Gasteiger partial charge >= 0.3 is 0 Å². The molecule has 26 heavy (non-hydrogen) atoms. The van der Waals surface area contributed by atoms with Gasteiger partial charge in [-0.15, -0.1) is 0 Å². The Bertz CT molecular complexity index is 703. The van der Waals surface area contributed by atoms with E-state index in [4.69, 9.17) is 11.6 Å². The van der Waals surface area contributed by atoms with Gasteiger partial charge in [0.05, 0.1) is 5.57 Å². The molecule has 1 aromatic carbocycles. The van der Waals surface area contributed by atoms with E-state index >= 15 is 0 Å². The topological polar surface area (TPSA) is 40.6 Å². The molecule has 2 amide bonds. The maximum absolute atomic E-state index is 13.1. The van der Waals surface area contributed by atoms with Crippen molar-refractivity contribution in [2.75, 3.05) is 19.6 Å².